The summed E-state index contributed by atoms with van der Waals surface area (Å²) in [6, 6.07) is 0.913. The number of hydrogen-bond donors (Lipinski definition) is 1. The molecular formula is C13H16Cl2F4N2. The van der Waals surface area contributed by atoms with Gasteiger partial charge in [-0.2, -0.15) is 0 Å². The predicted octanol–water partition coefficient (Wildman–Crippen LogP) is 3.64. The molecule has 0 bridgehead atoms. The Labute approximate surface area is 131 Å². The number of nitrogens with zero attached hydrogens (tertiary/aromatic N) is 1. The molecule has 2 rings (SSSR count). The molecule has 1 aromatic rings. The molecule has 2 nitrogen and oxygen atoms in total. The Morgan fingerprint density at radius 2 is 1.71 bits per heavy atom. The third-order valence-electron chi connectivity index (χ3n) is 3.41. The van der Waals surface area contributed by atoms with Crippen LogP contribution in [0.2, 0.25) is 5.02 Å². The molecule has 1 aliphatic rings. The molecule has 1 fully saturated rings. The summed E-state index contributed by atoms with van der Waals surface area (Å²) in [5, 5.41) is 2.68. The molecule has 1 heterocycles. The van der Waals surface area contributed by atoms with Crippen LogP contribution in [0.3, 0.4) is 0 Å². The first kappa shape index (κ1) is 18.5. The monoisotopic (exact) mass is 346 g/mol. The Morgan fingerprint density at radius 3 is 2.29 bits per heavy atom. The fourth-order valence-corrected chi connectivity index (χ4v) is 2.74. The van der Waals surface area contributed by atoms with Gasteiger partial charge in [-0.15, -0.1) is 12.4 Å². The van der Waals surface area contributed by atoms with Gasteiger partial charge in [0.2, 0.25) is 6.43 Å². The van der Waals surface area contributed by atoms with Crippen molar-refractivity contribution in [2.24, 2.45) is 0 Å². The van der Waals surface area contributed by atoms with E-state index in [0.29, 0.717) is 26.2 Å². The number of benzene rings is 1. The second kappa shape index (κ2) is 8.17. The van der Waals surface area contributed by atoms with E-state index in [1.807, 2.05) is 0 Å². The Bertz CT molecular complexity index is 468. The van der Waals surface area contributed by atoms with E-state index < -0.39 is 35.5 Å². The van der Waals surface area contributed by atoms with Crippen LogP contribution in [0.25, 0.3) is 0 Å². The second-order valence-electron chi connectivity index (χ2n) is 4.69. The predicted molar refractivity (Wildman–Crippen MR) is 76.4 cm³/mol. The number of rotatable bonds is 4. The zero-order valence-electron chi connectivity index (χ0n) is 11.1. The van der Waals surface area contributed by atoms with Gasteiger partial charge in [0.25, 0.3) is 0 Å². The van der Waals surface area contributed by atoms with E-state index in [1.165, 1.54) is 0 Å². The van der Waals surface area contributed by atoms with Crippen molar-refractivity contribution in [3.05, 3.63) is 34.4 Å². The minimum absolute atomic E-state index is 0. The minimum Gasteiger partial charge on any atom is -0.314 e. The minimum atomic E-state index is -2.62. The number of hydrogen-bond acceptors (Lipinski definition) is 2. The van der Waals surface area contributed by atoms with E-state index in [4.69, 9.17) is 11.6 Å². The van der Waals surface area contributed by atoms with Crippen LogP contribution >= 0.6 is 24.0 Å². The van der Waals surface area contributed by atoms with Gasteiger partial charge >= 0.3 is 0 Å². The third kappa shape index (κ3) is 4.45. The molecule has 120 valence electrons. The van der Waals surface area contributed by atoms with Crippen LogP contribution in [0, 0.1) is 11.6 Å². The summed E-state index contributed by atoms with van der Waals surface area (Å²) >= 11 is 5.79. The quantitative estimate of drug-likeness (QED) is 0.661. The van der Waals surface area contributed by atoms with Crippen LogP contribution in [0.15, 0.2) is 12.1 Å². The van der Waals surface area contributed by atoms with Crippen molar-refractivity contribution in [3.8, 4) is 0 Å². The smallest absolute Gasteiger partial charge is 0.240 e. The lowest BCUT2D eigenvalue weighted by Gasteiger charge is -2.35. The molecule has 21 heavy (non-hydrogen) atoms. The lowest BCUT2D eigenvalue weighted by Crippen LogP contribution is -2.45. The molecule has 1 aliphatic heterocycles. The summed E-state index contributed by atoms with van der Waals surface area (Å²) < 4.78 is 53.0. The van der Waals surface area contributed by atoms with Gasteiger partial charge in [0.05, 0.1) is 5.02 Å². The summed E-state index contributed by atoms with van der Waals surface area (Å²) in [6.07, 6.45) is -3.19. The molecule has 8 heteroatoms. The van der Waals surface area contributed by atoms with Crippen LogP contribution in [-0.2, 0) is 0 Å². The van der Waals surface area contributed by atoms with E-state index in [0.717, 1.165) is 12.1 Å². The van der Waals surface area contributed by atoms with Crippen LogP contribution < -0.4 is 5.32 Å². The van der Waals surface area contributed by atoms with Crippen molar-refractivity contribution >= 4 is 24.0 Å². The van der Waals surface area contributed by atoms with Crippen LogP contribution in [0.1, 0.15) is 18.0 Å². The highest BCUT2D eigenvalue weighted by Crippen LogP contribution is 2.35. The van der Waals surface area contributed by atoms with Crippen LogP contribution in [0.4, 0.5) is 17.6 Å². The van der Waals surface area contributed by atoms with Crippen molar-refractivity contribution < 1.29 is 17.6 Å². The first-order chi connectivity index (χ1) is 9.50. The average molecular weight is 347 g/mol. The van der Waals surface area contributed by atoms with Gasteiger partial charge in [0.15, 0.2) is 0 Å². The number of halogens is 6. The van der Waals surface area contributed by atoms with Gasteiger partial charge in [-0.1, -0.05) is 11.6 Å². The van der Waals surface area contributed by atoms with E-state index >= 15 is 0 Å². The maximum Gasteiger partial charge on any atom is 0.240 e. The molecule has 0 amide bonds. The molecule has 0 aliphatic carbocycles. The molecule has 1 saturated heterocycles. The number of piperazine rings is 1. The molecule has 0 saturated carbocycles. The second-order valence-corrected chi connectivity index (χ2v) is 5.06. The fourth-order valence-electron chi connectivity index (χ4n) is 2.46. The molecule has 1 N–H and O–H groups in total. The lowest BCUT2D eigenvalue weighted by atomic mass is 10.00. The normalized spacial score (nSPS) is 17.6. The largest absolute Gasteiger partial charge is 0.314 e. The summed E-state index contributed by atoms with van der Waals surface area (Å²) in [5.74, 6) is -1.54. The molecule has 1 aromatic carbocycles. The maximum absolute atomic E-state index is 13.9. The molecule has 0 spiro atoms. The van der Waals surface area contributed by atoms with E-state index in [9.17, 15) is 17.6 Å². The number of nitrogens with one attached hydrogen (secondary N) is 1. The van der Waals surface area contributed by atoms with Gasteiger partial charge in [-0.05, 0) is 12.1 Å². The topological polar surface area (TPSA) is 15.3 Å². The van der Waals surface area contributed by atoms with Crippen molar-refractivity contribution in [2.45, 2.75) is 18.9 Å². The zero-order chi connectivity index (χ0) is 14.7. The zero-order valence-corrected chi connectivity index (χ0v) is 12.7. The highest BCUT2D eigenvalue weighted by atomic mass is 35.5. The van der Waals surface area contributed by atoms with E-state index in [1.54, 1.807) is 4.90 Å². The third-order valence-corrected chi connectivity index (χ3v) is 3.79. The van der Waals surface area contributed by atoms with Crippen molar-refractivity contribution in [1.29, 1.82) is 0 Å². The van der Waals surface area contributed by atoms with Gasteiger partial charge in [0.1, 0.15) is 11.6 Å². The highest BCUT2D eigenvalue weighted by molar-refractivity contribution is 6.31. The van der Waals surface area contributed by atoms with Gasteiger partial charge in [-0.25, -0.2) is 17.6 Å². The van der Waals surface area contributed by atoms with Gasteiger partial charge < -0.3 is 5.32 Å². The van der Waals surface area contributed by atoms with Gasteiger partial charge in [-0.3, -0.25) is 4.90 Å². The maximum atomic E-state index is 13.9. The summed E-state index contributed by atoms with van der Waals surface area (Å²) in [4.78, 5) is 1.71. The van der Waals surface area contributed by atoms with E-state index in [2.05, 4.69) is 5.32 Å². The Balaban J connectivity index is 0.00000220. The molecule has 0 unspecified atom stereocenters. The highest BCUT2D eigenvalue weighted by Gasteiger charge is 2.30. The van der Waals surface area contributed by atoms with Crippen LogP contribution in [0.5, 0.6) is 0 Å². The van der Waals surface area contributed by atoms with Crippen molar-refractivity contribution in [1.82, 2.24) is 10.2 Å². The van der Waals surface area contributed by atoms with E-state index in [-0.39, 0.29) is 18.0 Å². The summed E-state index contributed by atoms with van der Waals surface area (Å²) in [7, 11) is 0. The Morgan fingerprint density at radius 1 is 1.14 bits per heavy atom. The Hall–Kier alpha value is -0.560. The Kier molecular flexibility index (Phi) is 7.20. The summed E-state index contributed by atoms with van der Waals surface area (Å²) in [6.45, 7) is 2.22. The van der Waals surface area contributed by atoms with Crippen molar-refractivity contribution in [2.75, 3.05) is 26.2 Å². The molecule has 0 aromatic heterocycles. The standard InChI is InChI=1S/C13H15ClF4N2.ClH/c14-13-9(16)2-1-8(15)12(13)10(7-11(17)18)20-5-3-19-4-6-20;/h1-2,10-11,19H,3-7H2;1H/t10-;/m1./s1. The molecule has 1 atom stereocenters. The fraction of sp³-hybridized carbons (Fsp3) is 0.538. The molecular weight excluding hydrogens is 331 g/mol. The summed E-state index contributed by atoms with van der Waals surface area (Å²) in [5.41, 5.74) is -0.172. The molecule has 0 radical (unpaired) electrons. The number of alkyl halides is 2. The first-order valence-electron chi connectivity index (χ1n) is 6.37. The van der Waals surface area contributed by atoms with Gasteiger partial charge in [0, 0.05) is 44.2 Å². The van der Waals surface area contributed by atoms with Crippen LogP contribution in [-0.4, -0.2) is 37.5 Å². The SMILES string of the molecule is Cl.Fc1ccc(F)c([C@@H](CC(F)F)N2CCNCC2)c1Cl. The average Bonchev–Trinajstić information content (AvgIpc) is 2.43. The first-order valence-corrected chi connectivity index (χ1v) is 6.74. The van der Waals surface area contributed by atoms with Crippen molar-refractivity contribution in [3.63, 3.8) is 0 Å². The lowest BCUT2D eigenvalue weighted by molar-refractivity contribution is 0.0724.